The molecule has 0 saturated carbocycles. The van der Waals surface area contributed by atoms with Crippen molar-refractivity contribution < 1.29 is 14.1 Å². The lowest BCUT2D eigenvalue weighted by Crippen LogP contribution is -2.42. The van der Waals surface area contributed by atoms with Crippen LogP contribution in [0.2, 0.25) is 0 Å². The molecule has 0 aliphatic rings. The molecule has 3 aromatic rings. The number of carbonyl (C=O) groups is 2. The maximum atomic E-state index is 12.2. The average Bonchev–Trinajstić information content (AvgIpc) is 3.10. The lowest BCUT2D eigenvalue weighted by Gasteiger charge is -2.21. The normalized spacial score (nSPS) is 10.6. The largest absolute Gasteiger partial charge is 0.372 e. The summed E-state index contributed by atoms with van der Waals surface area (Å²) in [6.07, 6.45) is 0.0121. The highest BCUT2D eigenvalue weighted by Gasteiger charge is 2.13. The predicted molar refractivity (Wildman–Crippen MR) is 103 cm³/mol. The second-order valence-corrected chi connectivity index (χ2v) is 6.02. The van der Waals surface area contributed by atoms with E-state index in [2.05, 4.69) is 34.8 Å². The summed E-state index contributed by atoms with van der Waals surface area (Å²) in [5, 5.41) is 4.69. The molecule has 0 aliphatic heterocycles. The molecule has 0 spiro atoms. The molecule has 0 aliphatic carbocycles. The summed E-state index contributed by atoms with van der Waals surface area (Å²) in [7, 11) is 0. The summed E-state index contributed by atoms with van der Waals surface area (Å²) in [4.78, 5) is 26.5. The number of fused-ring (bicyclic) bond motifs is 1. The van der Waals surface area contributed by atoms with Gasteiger partial charge >= 0.3 is 0 Å². The van der Waals surface area contributed by atoms with Crippen LogP contribution in [-0.4, -0.2) is 30.1 Å². The van der Waals surface area contributed by atoms with Crippen LogP contribution in [0.3, 0.4) is 0 Å². The summed E-state index contributed by atoms with van der Waals surface area (Å²) in [6.45, 7) is 5.96. The van der Waals surface area contributed by atoms with Gasteiger partial charge in [0.05, 0.1) is 6.42 Å². The van der Waals surface area contributed by atoms with Gasteiger partial charge in [-0.15, -0.1) is 0 Å². The quantitative estimate of drug-likeness (QED) is 0.655. The number of carbonyl (C=O) groups excluding carboxylic acids is 2. The molecular weight excluding hydrogens is 344 g/mol. The Morgan fingerprint density at radius 3 is 2.41 bits per heavy atom. The van der Waals surface area contributed by atoms with Gasteiger partial charge in [0, 0.05) is 29.7 Å². The van der Waals surface area contributed by atoms with Gasteiger partial charge in [-0.3, -0.25) is 20.4 Å². The standard InChI is InChI=1S/C20H22N4O3/c1-3-24(4-2)15-11-9-14(10-12-15)20(26)22-21-19(25)13-17-16-7-5-6-8-18(16)27-23-17/h5-12H,3-4,13H2,1-2H3,(H,21,25)(H,22,26). The van der Waals surface area contributed by atoms with E-state index in [9.17, 15) is 9.59 Å². The lowest BCUT2D eigenvalue weighted by atomic mass is 10.1. The minimum Gasteiger partial charge on any atom is -0.372 e. The fraction of sp³-hybridized carbons (Fsp3) is 0.250. The molecule has 0 unspecified atom stereocenters. The molecule has 1 heterocycles. The van der Waals surface area contributed by atoms with Gasteiger partial charge in [-0.25, -0.2) is 0 Å². The number of para-hydroxylation sites is 1. The first-order valence-electron chi connectivity index (χ1n) is 8.89. The van der Waals surface area contributed by atoms with E-state index < -0.39 is 0 Å². The fourth-order valence-electron chi connectivity index (χ4n) is 2.87. The maximum Gasteiger partial charge on any atom is 0.269 e. The molecule has 0 radical (unpaired) electrons. The SMILES string of the molecule is CCN(CC)c1ccc(C(=O)NNC(=O)Cc2noc3ccccc23)cc1. The summed E-state index contributed by atoms with van der Waals surface area (Å²) >= 11 is 0. The van der Waals surface area contributed by atoms with E-state index in [4.69, 9.17) is 4.52 Å². The van der Waals surface area contributed by atoms with Gasteiger partial charge in [0.2, 0.25) is 5.91 Å². The van der Waals surface area contributed by atoms with E-state index in [-0.39, 0.29) is 18.2 Å². The first kappa shape index (κ1) is 18.4. The minimum absolute atomic E-state index is 0.0121. The molecule has 1 aromatic heterocycles. The average molecular weight is 366 g/mol. The smallest absolute Gasteiger partial charge is 0.269 e. The summed E-state index contributed by atoms with van der Waals surface area (Å²) in [5.74, 6) is -0.748. The van der Waals surface area contributed by atoms with Crippen LogP contribution in [0.4, 0.5) is 5.69 Å². The highest BCUT2D eigenvalue weighted by molar-refractivity contribution is 5.96. The van der Waals surface area contributed by atoms with Crippen LogP contribution in [0.5, 0.6) is 0 Å². The zero-order chi connectivity index (χ0) is 19.2. The van der Waals surface area contributed by atoms with Gasteiger partial charge in [-0.1, -0.05) is 17.3 Å². The zero-order valence-electron chi connectivity index (χ0n) is 15.4. The number of amides is 2. The zero-order valence-corrected chi connectivity index (χ0v) is 15.4. The molecule has 7 heteroatoms. The molecule has 0 bridgehead atoms. The van der Waals surface area contributed by atoms with Crippen molar-refractivity contribution in [1.82, 2.24) is 16.0 Å². The first-order valence-corrected chi connectivity index (χ1v) is 8.89. The third kappa shape index (κ3) is 4.25. The molecular formula is C20H22N4O3. The number of nitrogens with one attached hydrogen (secondary N) is 2. The second kappa shape index (κ2) is 8.35. The van der Waals surface area contributed by atoms with Gasteiger partial charge < -0.3 is 9.42 Å². The Bertz CT molecular complexity index is 930. The van der Waals surface area contributed by atoms with Gasteiger partial charge in [0.25, 0.3) is 5.91 Å². The topological polar surface area (TPSA) is 87.5 Å². The van der Waals surface area contributed by atoms with E-state index >= 15 is 0 Å². The number of hydrogen-bond acceptors (Lipinski definition) is 5. The number of hydrazine groups is 1. The number of benzene rings is 2. The van der Waals surface area contributed by atoms with Crippen molar-refractivity contribution in [2.45, 2.75) is 20.3 Å². The van der Waals surface area contributed by atoms with E-state index in [1.165, 1.54) is 0 Å². The van der Waals surface area contributed by atoms with Gasteiger partial charge in [0.15, 0.2) is 5.58 Å². The number of anilines is 1. The summed E-state index contributed by atoms with van der Waals surface area (Å²) < 4.78 is 5.17. The highest BCUT2D eigenvalue weighted by atomic mass is 16.5. The Labute approximate surface area is 157 Å². The Morgan fingerprint density at radius 2 is 1.70 bits per heavy atom. The van der Waals surface area contributed by atoms with E-state index in [0.29, 0.717) is 16.8 Å². The highest BCUT2D eigenvalue weighted by Crippen LogP contribution is 2.18. The van der Waals surface area contributed by atoms with Crippen molar-refractivity contribution in [3.05, 3.63) is 59.8 Å². The molecule has 0 fully saturated rings. The second-order valence-electron chi connectivity index (χ2n) is 6.02. The predicted octanol–water partition coefficient (Wildman–Crippen LogP) is 2.68. The lowest BCUT2D eigenvalue weighted by molar-refractivity contribution is -0.121. The van der Waals surface area contributed by atoms with Crippen LogP contribution in [0.25, 0.3) is 11.0 Å². The third-order valence-electron chi connectivity index (χ3n) is 4.35. The van der Waals surface area contributed by atoms with Gasteiger partial charge in [-0.2, -0.15) is 0 Å². The Morgan fingerprint density at radius 1 is 1.00 bits per heavy atom. The molecule has 2 amide bonds. The van der Waals surface area contributed by atoms with Crippen LogP contribution >= 0.6 is 0 Å². The number of rotatable bonds is 6. The molecule has 0 saturated heterocycles. The Balaban J connectivity index is 1.56. The summed E-state index contributed by atoms with van der Waals surface area (Å²) in [6, 6.07) is 14.6. The van der Waals surface area contributed by atoms with Crippen LogP contribution < -0.4 is 15.8 Å². The monoisotopic (exact) mass is 366 g/mol. The molecule has 2 aromatic carbocycles. The third-order valence-corrected chi connectivity index (χ3v) is 4.35. The van der Waals surface area contributed by atoms with Crippen molar-refractivity contribution in [2.75, 3.05) is 18.0 Å². The van der Waals surface area contributed by atoms with Crippen molar-refractivity contribution >= 4 is 28.5 Å². The van der Waals surface area contributed by atoms with E-state index in [1.807, 2.05) is 30.3 Å². The van der Waals surface area contributed by atoms with Crippen LogP contribution in [0, 0.1) is 0 Å². The molecule has 140 valence electrons. The summed E-state index contributed by atoms with van der Waals surface area (Å²) in [5.41, 5.74) is 7.51. The molecule has 2 N–H and O–H groups in total. The molecule has 0 atom stereocenters. The maximum absolute atomic E-state index is 12.2. The first-order chi connectivity index (χ1) is 13.1. The van der Waals surface area contributed by atoms with Crippen molar-refractivity contribution in [1.29, 1.82) is 0 Å². The van der Waals surface area contributed by atoms with Gasteiger partial charge in [-0.05, 0) is 50.2 Å². The van der Waals surface area contributed by atoms with Gasteiger partial charge in [0.1, 0.15) is 5.69 Å². The van der Waals surface area contributed by atoms with Crippen LogP contribution in [0.15, 0.2) is 53.1 Å². The van der Waals surface area contributed by atoms with Crippen LogP contribution in [-0.2, 0) is 11.2 Å². The van der Waals surface area contributed by atoms with Crippen molar-refractivity contribution in [2.24, 2.45) is 0 Å². The van der Waals surface area contributed by atoms with Crippen LogP contribution in [0.1, 0.15) is 29.9 Å². The Hall–Kier alpha value is -3.35. The van der Waals surface area contributed by atoms with E-state index in [1.54, 1.807) is 18.2 Å². The molecule has 3 rings (SSSR count). The molecule has 27 heavy (non-hydrogen) atoms. The number of nitrogens with zero attached hydrogens (tertiary/aromatic N) is 2. The number of hydrogen-bond donors (Lipinski definition) is 2. The van der Waals surface area contributed by atoms with E-state index in [0.717, 1.165) is 24.2 Å². The number of aromatic nitrogens is 1. The fourth-order valence-corrected chi connectivity index (χ4v) is 2.87. The van der Waals surface area contributed by atoms with Crippen molar-refractivity contribution in [3.63, 3.8) is 0 Å². The van der Waals surface area contributed by atoms with Crippen molar-refractivity contribution in [3.8, 4) is 0 Å². The molecule has 7 nitrogen and oxygen atoms in total. The Kier molecular flexibility index (Phi) is 5.71. The minimum atomic E-state index is -0.376.